The van der Waals surface area contributed by atoms with Crippen molar-refractivity contribution in [2.24, 2.45) is 11.7 Å². The smallest absolute Gasteiger partial charge is 0.334 e. The van der Waals surface area contributed by atoms with Gasteiger partial charge in [-0.15, -0.1) is 0 Å². The normalized spacial score (nSPS) is 12.7. The van der Waals surface area contributed by atoms with Gasteiger partial charge in [-0.1, -0.05) is 56.3 Å². The van der Waals surface area contributed by atoms with Crippen molar-refractivity contribution in [3.05, 3.63) is 65.7 Å². The van der Waals surface area contributed by atoms with E-state index in [0.29, 0.717) is 12.0 Å². The maximum Gasteiger partial charge on any atom is 0.334 e. The highest BCUT2D eigenvalue weighted by Crippen LogP contribution is 2.12. The van der Waals surface area contributed by atoms with E-state index in [0.717, 1.165) is 10.6 Å². The highest BCUT2D eigenvalue weighted by Gasteiger charge is 2.27. The number of hydrogen-bond donors (Lipinski definition) is 7. The third-order valence-corrected chi connectivity index (χ3v) is 6.36. The van der Waals surface area contributed by atoms with Crippen molar-refractivity contribution in [3.8, 4) is 5.75 Å². The van der Waals surface area contributed by atoms with Crippen molar-refractivity contribution in [3.63, 3.8) is 0 Å². The topological polar surface area (TPSA) is 212 Å². The molecule has 0 unspecified atom stereocenters. The molecule has 0 bridgehead atoms. The minimum atomic E-state index is -1.08. The van der Waals surface area contributed by atoms with Gasteiger partial charge in [0.2, 0.25) is 23.6 Å². The Kier molecular flexibility index (Phi) is 13.6. The average molecular weight is 612 g/mol. The Hall–Kier alpha value is -5.14. The molecule has 14 heteroatoms. The summed E-state index contributed by atoms with van der Waals surface area (Å²) in [6.07, 6.45) is 0.521. The number of urea groups is 1. The summed E-state index contributed by atoms with van der Waals surface area (Å²) in [6.45, 7) is 4.46. The van der Waals surface area contributed by atoms with Crippen molar-refractivity contribution in [1.29, 1.82) is 0 Å². The molecule has 0 aliphatic heterocycles. The first-order chi connectivity index (χ1) is 20.7. The molecule has 238 valence electrons. The number of phenols is 1. The summed E-state index contributed by atoms with van der Waals surface area (Å²) < 4.78 is 0. The van der Waals surface area contributed by atoms with Crippen LogP contribution in [-0.2, 0) is 36.8 Å². The Morgan fingerprint density at radius 2 is 1.41 bits per heavy atom. The Bertz CT molecular complexity index is 1300. The van der Waals surface area contributed by atoms with Crippen molar-refractivity contribution < 1.29 is 33.9 Å². The lowest BCUT2D eigenvalue weighted by atomic mass is 10.0. The number of aromatic hydroxyl groups is 1. The van der Waals surface area contributed by atoms with Gasteiger partial charge in [0.05, 0.1) is 6.54 Å². The van der Waals surface area contributed by atoms with Gasteiger partial charge in [0, 0.05) is 26.8 Å². The quantitative estimate of drug-likeness (QED) is 0.144. The van der Waals surface area contributed by atoms with Gasteiger partial charge in [0.1, 0.15) is 23.9 Å². The van der Waals surface area contributed by atoms with Gasteiger partial charge < -0.3 is 32.1 Å². The maximum atomic E-state index is 13.1. The molecule has 0 spiro atoms. The molecule has 2 aromatic carbocycles. The van der Waals surface area contributed by atoms with Crippen LogP contribution < -0.4 is 32.4 Å². The molecular formula is C30H41N7O7. The first-order valence-electron chi connectivity index (χ1n) is 14.0. The van der Waals surface area contributed by atoms with Crippen molar-refractivity contribution >= 4 is 35.6 Å². The zero-order valence-electron chi connectivity index (χ0n) is 25.3. The molecule has 0 aromatic heterocycles. The SMILES string of the molecule is CC(=O)N[C@@H](Cc1ccc(O)cc1)C(=O)N(C)NC(=O)NCC(=O)N[C@@H](Cc1ccccc1)C(=O)N[C@@H](CC(C)C)C(N)=O. The highest BCUT2D eigenvalue weighted by molar-refractivity contribution is 5.93. The number of benzene rings is 2. The molecule has 8 N–H and O–H groups in total. The van der Waals surface area contributed by atoms with E-state index in [1.807, 2.05) is 13.8 Å². The molecule has 0 aliphatic rings. The van der Waals surface area contributed by atoms with Crippen LogP contribution in [0.2, 0.25) is 0 Å². The Balaban J connectivity index is 2.00. The van der Waals surface area contributed by atoms with Gasteiger partial charge in [-0.25, -0.2) is 10.2 Å². The van der Waals surface area contributed by atoms with Crippen molar-refractivity contribution in [2.45, 2.75) is 58.2 Å². The maximum absolute atomic E-state index is 13.1. The van der Waals surface area contributed by atoms with Gasteiger partial charge in [-0.05, 0) is 35.6 Å². The molecule has 0 fully saturated rings. The van der Waals surface area contributed by atoms with Gasteiger partial charge in [-0.2, -0.15) is 0 Å². The third kappa shape index (κ3) is 12.4. The van der Waals surface area contributed by atoms with E-state index in [-0.39, 0.29) is 24.5 Å². The summed E-state index contributed by atoms with van der Waals surface area (Å²) in [5.41, 5.74) is 9.16. The fourth-order valence-corrected chi connectivity index (χ4v) is 4.25. The lowest BCUT2D eigenvalue weighted by Crippen LogP contribution is -2.57. The molecule has 0 heterocycles. The van der Waals surface area contributed by atoms with E-state index in [1.54, 1.807) is 42.5 Å². The molecule has 3 atom stereocenters. The number of amides is 7. The fraction of sp³-hybridized carbons (Fsp3) is 0.400. The first-order valence-corrected chi connectivity index (χ1v) is 14.0. The number of primary amides is 1. The Morgan fingerprint density at radius 1 is 0.818 bits per heavy atom. The van der Waals surface area contributed by atoms with Crippen LogP contribution in [0.1, 0.15) is 38.3 Å². The first kappa shape index (κ1) is 35.1. The molecule has 0 radical (unpaired) electrons. The predicted octanol–water partition coefficient (Wildman–Crippen LogP) is -0.144. The van der Waals surface area contributed by atoms with E-state index in [4.69, 9.17) is 5.73 Å². The number of carbonyl (C=O) groups excluding carboxylic acids is 6. The number of likely N-dealkylation sites (N-methyl/N-ethyl adjacent to an activating group) is 1. The molecule has 7 amide bonds. The van der Waals surface area contributed by atoms with Crippen LogP contribution in [0.4, 0.5) is 4.79 Å². The number of hydrogen-bond acceptors (Lipinski definition) is 7. The molecular weight excluding hydrogens is 570 g/mol. The van der Waals surface area contributed by atoms with Crippen LogP contribution >= 0.6 is 0 Å². The second-order valence-corrected chi connectivity index (χ2v) is 10.7. The Morgan fingerprint density at radius 3 is 1.98 bits per heavy atom. The minimum absolute atomic E-state index is 0.0450. The van der Waals surface area contributed by atoms with Crippen molar-refractivity contribution in [1.82, 2.24) is 31.7 Å². The molecule has 0 saturated carbocycles. The second kappa shape index (κ2) is 17.1. The largest absolute Gasteiger partial charge is 0.508 e. The molecule has 2 aromatic rings. The lowest BCUT2D eigenvalue weighted by Gasteiger charge is -2.25. The predicted molar refractivity (Wildman–Crippen MR) is 161 cm³/mol. The van der Waals surface area contributed by atoms with Crippen molar-refractivity contribution in [2.75, 3.05) is 13.6 Å². The number of hydrazine groups is 1. The van der Waals surface area contributed by atoms with E-state index in [1.165, 1.54) is 26.1 Å². The standard InChI is InChI=1S/C30H41N7O7/c1-18(2)14-23(27(31)41)35-28(42)24(15-20-8-6-5-7-9-20)34-26(40)17-32-30(44)36-37(4)29(43)25(33-19(3)38)16-21-10-12-22(39)13-11-21/h5-13,18,23-25,39H,14-17H2,1-4H3,(H2,31,41)(H,33,38)(H,34,40)(H,35,42)(H2,32,36,44)/t23-,24-,25-/m0/s1. The molecule has 44 heavy (non-hydrogen) atoms. The second-order valence-electron chi connectivity index (χ2n) is 10.7. The van der Waals surface area contributed by atoms with Crippen LogP contribution in [0, 0.1) is 5.92 Å². The summed E-state index contributed by atoms with van der Waals surface area (Å²) in [6, 6.07) is 11.1. The third-order valence-electron chi connectivity index (χ3n) is 6.36. The minimum Gasteiger partial charge on any atom is -0.508 e. The summed E-state index contributed by atoms with van der Waals surface area (Å²) in [5, 5.41) is 20.4. The number of phenolic OH excluding ortho intramolecular Hbond substituents is 1. The van der Waals surface area contributed by atoms with E-state index in [9.17, 15) is 33.9 Å². The zero-order chi connectivity index (χ0) is 32.8. The summed E-state index contributed by atoms with van der Waals surface area (Å²) in [7, 11) is 1.28. The molecule has 2 rings (SSSR count). The van der Waals surface area contributed by atoms with Gasteiger partial charge in [0.25, 0.3) is 5.91 Å². The van der Waals surface area contributed by atoms with Crippen LogP contribution in [0.25, 0.3) is 0 Å². The number of carbonyl (C=O) groups is 6. The molecule has 0 saturated heterocycles. The summed E-state index contributed by atoms with van der Waals surface area (Å²) in [4.78, 5) is 74.9. The highest BCUT2D eigenvalue weighted by atomic mass is 16.3. The summed E-state index contributed by atoms with van der Waals surface area (Å²) >= 11 is 0. The zero-order valence-corrected chi connectivity index (χ0v) is 25.3. The van der Waals surface area contributed by atoms with Crippen LogP contribution in [0.3, 0.4) is 0 Å². The molecule has 0 aliphatic carbocycles. The van der Waals surface area contributed by atoms with Crippen LogP contribution in [0.5, 0.6) is 5.75 Å². The lowest BCUT2D eigenvalue weighted by molar-refractivity contribution is -0.136. The fourth-order valence-electron chi connectivity index (χ4n) is 4.25. The number of nitrogens with one attached hydrogen (secondary N) is 5. The van der Waals surface area contributed by atoms with E-state index < -0.39 is 60.2 Å². The van der Waals surface area contributed by atoms with Crippen LogP contribution in [0.15, 0.2) is 54.6 Å². The number of nitrogens with two attached hydrogens (primary N) is 1. The van der Waals surface area contributed by atoms with Crippen LogP contribution in [-0.4, -0.2) is 77.4 Å². The number of rotatable bonds is 14. The van der Waals surface area contributed by atoms with Gasteiger partial charge >= 0.3 is 6.03 Å². The van der Waals surface area contributed by atoms with Gasteiger partial charge in [0.15, 0.2) is 0 Å². The van der Waals surface area contributed by atoms with Gasteiger partial charge in [-0.3, -0.25) is 29.0 Å². The molecule has 14 nitrogen and oxygen atoms in total. The average Bonchev–Trinajstić information content (AvgIpc) is 2.95. The monoisotopic (exact) mass is 611 g/mol. The Labute approximate surface area is 256 Å². The summed E-state index contributed by atoms with van der Waals surface area (Å²) in [5.74, 6) is -2.99. The van der Waals surface area contributed by atoms with E-state index in [2.05, 4.69) is 26.7 Å². The number of nitrogens with zero attached hydrogens (tertiary/aromatic N) is 1. The van der Waals surface area contributed by atoms with E-state index >= 15 is 0 Å².